The Bertz CT molecular complexity index is 1240. The summed E-state index contributed by atoms with van der Waals surface area (Å²) in [7, 11) is -4.08. The molecule has 1 heterocycles. The summed E-state index contributed by atoms with van der Waals surface area (Å²) in [5.41, 5.74) is -1.57. The Morgan fingerprint density at radius 1 is 1.34 bits per heavy atom. The van der Waals surface area contributed by atoms with Gasteiger partial charge < -0.3 is 19.9 Å². The lowest BCUT2D eigenvalue weighted by Crippen LogP contribution is -2.19. The Kier molecular flexibility index (Phi) is 7.23. The molecule has 1 aromatic heterocycles. The molecule has 0 atom stereocenters. The van der Waals surface area contributed by atoms with E-state index in [-0.39, 0.29) is 17.9 Å². The SMILES string of the molecule is CCOC(=O)CNc1nc(S(C)(=O)=O)nc(Oc2ccc(C#N)c(C(=O)O)c2)c1[N+](=O)[O-]. The van der Waals surface area contributed by atoms with Gasteiger partial charge in [-0.05, 0) is 25.1 Å². The van der Waals surface area contributed by atoms with Crippen LogP contribution in [0.4, 0.5) is 11.5 Å². The van der Waals surface area contributed by atoms with Gasteiger partial charge in [0.2, 0.25) is 15.7 Å². The minimum atomic E-state index is -4.08. The number of aromatic nitrogens is 2. The van der Waals surface area contributed by atoms with Crippen LogP contribution in [0.3, 0.4) is 0 Å². The molecule has 0 unspecified atom stereocenters. The van der Waals surface area contributed by atoms with E-state index in [9.17, 15) is 33.2 Å². The molecule has 0 aliphatic carbocycles. The fourth-order valence-corrected chi connectivity index (χ4v) is 2.79. The van der Waals surface area contributed by atoms with Crippen molar-refractivity contribution in [3.05, 3.63) is 39.4 Å². The molecule has 0 bridgehead atoms. The van der Waals surface area contributed by atoms with Crippen molar-refractivity contribution in [3.63, 3.8) is 0 Å². The number of nitrogens with one attached hydrogen (secondary N) is 1. The van der Waals surface area contributed by atoms with Crippen molar-refractivity contribution in [2.24, 2.45) is 0 Å². The fraction of sp³-hybridized carbons (Fsp3) is 0.235. The number of anilines is 1. The van der Waals surface area contributed by atoms with E-state index in [0.29, 0.717) is 0 Å². The lowest BCUT2D eigenvalue weighted by atomic mass is 10.1. The quantitative estimate of drug-likeness (QED) is 0.230. The Morgan fingerprint density at radius 2 is 2.03 bits per heavy atom. The van der Waals surface area contributed by atoms with E-state index in [1.165, 1.54) is 0 Å². The summed E-state index contributed by atoms with van der Waals surface area (Å²) in [6.07, 6.45) is 0.747. The summed E-state index contributed by atoms with van der Waals surface area (Å²) in [4.78, 5) is 40.7. The average Bonchev–Trinajstić information content (AvgIpc) is 2.71. The highest BCUT2D eigenvalue weighted by Gasteiger charge is 2.30. The third kappa shape index (κ3) is 5.64. The highest BCUT2D eigenvalue weighted by molar-refractivity contribution is 7.90. The Balaban J connectivity index is 2.62. The number of sulfone groups is 1. The fourth-order valence-electron chi connectivity index (χ4n) is 2.28. The number of ether oxygens (including phenoxy) is 2. The number of rotatable bonds is 9. The molecule has 0 aliphatic rings. The van der Waals surface area contributed by atoms with E-state index < -0.39 is 61.3 Å². The molecule has 2 N–H and O–H groups in total. The molecule has 14 nitrogen and oxygen atoms in total. The molecule has 2 aromatic rings. The maximum absolute atomic E-state index is 12.0. The van der Waals surface area contributed by atoms with Gasteiger partial charge in [-0.3, -0.25) is 14.9 Å². The number of carbonyl (C=O) groups is 2. The second-order valence-electron chi connectivity index (χ2n) is 5.92. The first-order chi connectivity index (χ1) is 15.0. The van der Waals surface area contributed by atoms with Crippen LogP contribution in [0.25, 0.3) is 0 Å². The molecule has 32 heavy (non-hydrogen) atoms. The first-order valence-corrected chi connectivity index (χ1v) is 10.5. The van der Waals surface area contributed by atoms with Gasteiger partial charge in [-0.2, -0.15) is 15.2 Å². The summed E-state index contributed by atoms with van der Waals surface area (Å²) in [6.45, 7) is 1.01. The number of aromatic carboxylic acids is 1. The van der Waals surface area contributed by atoms with Crippen molar-refractivity contribution < 1.29 is 37.5 Å². The number of benzene rings is 1. The van der Waals surface area contributed by atoms with Crippen LogP contribution in [0.5, 0.6) is 11.6 Å². The molecule has 0 aliphatic heterocycles. The zero-order valence-corrected chi connectivity index (χ0v) is 17.4. The Hall–Kier alpha value is -4.32. The van der Waals surface area contributed by atoms with Gasteiger partial charge in [0.05, 0.1) is 22.7 Å². The molecule has 168 valence electrons. The van der Waals surface area contributed by atoms with Gasteiger partial charge in [0, 0.05) is 6.26 Å². The van der Waals surface area contributed by atoms with Crippen molar-refractivity contribution in [2.75, 3.05) is 24.7 Å². The van der Waals surface area contributed by atoms with Crippen molar-refractivity contribution in [1.29, 1.82) is 5.26 Å². The van der Waals surface area contributed by atoms with Gasteiger partial charge in [-0.15, -0.1) is 0 Å². The van der Waals surface area contributed by atoms with Gasteiger partial charge in [0.15, 0.2) is 0 Å². The molecule has 0 saturated heterocycles. The molecular formula is C17H15N5O9S. The lowest BCUT2D eigenvalue weighted by molar-refractivity contribution is -0.385. The number of carboxylic acid groups (broad SMARTS) is 1. The lowest BCUT2D eigenvalue weighted by Gasteiger charge is -2.11. The molecule has 0 amide bonds. The van der Waals surface area contributed by atoms with Crippen molar-refractivity contribution in [2.45, 2.75) is 12.1 Å². The predicted octanol–water partition coefficient (Wildman–Crippen LogP) is 1.13. The maximum Gasteiger partial charge on any atom is 0.373 e. The summed E-state index contributed by atoms with van der Waals surface area (Å²) >= 11 is 0. The van der Waals surface area contributed by atoms with Crippen molar-refractivity contribution in [1.82, 2.24) is 9.97 Å². The topological polar surface area (TPSA) is 212 Å². The van der Waals surface area contributed by atoms with Crippen LogP contribution in [0.2, 0.25) is 0 Å². The van der Waals surface area contributed by atoms with E-state index in [1.54, 1.807) is 13.0 Å². The third-order valence-corrected chi connectivity index (χ3v) is 4.45. The van der Waals surface area contributed by atoms with Crippen LogP contribution in [0, 0.1) is 21.4 Å². The number of esters is 1. The number of carboxylic acids is 1. The second-order valence-corrected chi connectivity index (χ2v) is 7.83. The van der Waals surface area contributed by atoms with Gasteiger partial charge in [0.25, 0.3) is 5.16 Å². The number of nitro groups is 1. The normalized spacial score (nSPS) is 10.7. The third-order valence-electron chi connectivity index (χ3n) is 3.61. The number of hydrogen-bond acceptors (Lipinski definition) is 12. The Morgan fingerprint density at radius 3 is 2.56 bits per heavy atom. The minimum absolute atomic E-state index is 0.0416. The number of nitriles is 1. The second kappa shape index (κ2) is 9.66. The largest absolute Gasteiger partial charge is 0.478 e. The molecule has 15 heteroatoms. The van der Waals surface area contributed by atoms with E-state index in [1.807, 2.05) is 0 Å². The zero-order valence-electron chi connectivity index (χ0n) is 16.6. The number of nitrogens with zero attached hydrogens (tertiary/aromatic N) is 4. The van der Waals surface area contributed by atoms with Gasteiger partial charge in [-0.1, -0.05) is 0 Å². The summed E-state index contributed by atoms with van der Waals surface area (Å²) in [5, 5.41) is 31.3. The molecular weight excluding hydrogens is 450 g/mol. The molecule has 0 radical (unpaired) electrons. The molecule has 0 spiro atoms. The number of carbonyl (C=O) groups excluding carboxylic acids is 1. The summed E-state index contributed by atoms with van der Waals surface area (Å²) in [6, 6.07) is 4.83. The highest BCUT2D eigenvalue weighted by Crippen LogP contribution is 2.36. The summed E-state index contributed by atoms with van der Waals surface area (Å²) in [5.74, 6) is -4.00. The van der Waals surface area contributed by atoms with E-state index >= 15 is 0 Å². The Labute approximate surface area is 180 Å². The molecule has 2 rings (SSSR count). The van der Waals surface area contributed by atoms with E-state index in [2.05, 4.69) is 15.3 Å². The first kappa shape index (κ1) is 24.0. The average molecular weight is 465 g/mol. The van der Waals surface area contributed by atoms with E-state index in [4.69, 9.17) is 14.7 Å². The molecule has 0 fully saturated rings. The van der Waals surface area contributed by atoms with Crippen LogP contribution < -0.4 is 10.1 Å². The van der Waals surface area contributed by atoms with Crippen molar-refractivity contribution in [3.8, 4) is 17.7 Å². The molecule has 0 saturated carbocycles. The summed E-state index contributed by atoms with van der Waals surface area (Å²) < 4.78 is 33.9. The maximum atomic E-state index is 12.0. The zero-order chi connectivity index (χ0) is 24.1. The van der Waals surface area contributed by atoms with Crippen LogP contribution in [-0.4, -0.2) is 59.8 Å². The minimum Gasteiger partial charge on any atom is -0.478 e. The van der Waals surface area contributed by atoms with Gasteiger partial charge in [0.1, 0.15) is 18.4 Å². The van der Waals surface area contributed by atoms with Crippen LogP contribution in [0.15, 0.2) is 23.4 Å². The highest BCUT2D eigenvalue weighted by atomic mass is 32.2. The van der Waals surface area contributed by atoms with Crippen LogP contribution >= 0.6 is 0 Å². The van der Waals surface area contributed by atoms with Crippen molar-refractivity contribution >= 4 is 33.3 Å². The first-order valence-electron chi connectivity index (χ1n) is 8.59. The van der Waals surface area contributed by atoms with Crippen LogP contribution in [0.1, 0.15) is 22.8 Å². The van der Waals surface area contributed by atoms with Gasteiger partial charge >= 0.3 is 23.5 Å². The molecule has 1 aromatic carbocycles. The standard InChI is InChI=1S/C17H15N5O9S/c1-3-30-12(23)8-19-14-13(22(26)27)15(21-17(20-14)32(2,28)29)31-10-5-4-9(7-18)11(6-10)16(24)25/h4-6H,3,8H2,1-2H3,(H,24,25)(H,19,20,21). The van der Waals surface area contributed by atoms with Crippen LogP contribution in [-0.2, 0) is 19.4 Å². The predicted molar refractivity (Wildman–Crippen MR) is 105 cm³/mol. The monoisotopic (exact) mass is 465 g/mol. The smallest absolute Gasteiger partial charge is 0.373 e. The van der Waals surface area contributed by atoms with Gasteiger partial charge in [-0.25, -0.2) is 13.2 Å². The number of hydrogen-bond donors (Lipinski definition) is 2. The van der Waals surface area contributed by atoms with E-state index in [0.717, 1.165) is 24.5 Å².